The third kappa shape index (κ3) is 3.94. The second kappa shape index (κ2) is 7.22. The average molecular weight is 309 g/mol. The second-order valence-corrected chi connectivity index (χ2v) is 5.16. The van der Waals surface area contributed by atoms with Crippen molar-refractivity contribution in [2.75, 3.05) is 44.2 Å². The van der Waals surface area contributed by atoms with Gasteiger partial charge in [0.05, 0.1) is 5.69 Å². The van der Waals surface area contributed by atoms with Crippen molar-refractivity contribution in [2.45, 2.75) is 6.92 Å². The molecule has 1 aliphatic rings. The minimum absolute atomic E-state index is 0.120. The fraction of sp³-hybridized carbons (Fsp3) is 0.467. The first-order valence-corrected chi connectivity index (χ1v) is 7.28. The predicted octanol–water partition coefficient (Wildman–Crippen LogP) is 0.782. The lowest BCUT2D eigenvalue weighted by Gasteiger charge is -2.35. The molecule has 6 nitrogen and oxygen atoms in total. The maximum absolute atomic E-state index is 14.2. The van der Waals surface area contributed by atoms with Crippen LogP contribution in [0.25, 0.3) is 0 Å². The molecule has 2 rings (SSSR count). The molecule has 0 spiro atoms. The van der Waals surface area contributed by atoms with Crippen LogP contribution in [0.5, 0.6) is 0 Å². The molecule has 2 N–H and O–H groups in total. The molecule has 1 amide bonds. The van der Waals surface area contributed by atoms with Gasteiger partial charge in [0.1, 0.15) is 12.4 Å². The minimum Gasteiger partial charge on any atom is -0.480 e. The summed E-state index contributed by atoms with van der Waals surface area (Å²) in [4.78, 5) is 26.4. The lowest BCUT2D eigenvalue weighted by atomic mass is 10.1. The Morgan fingerprint density at radius 2 is 1.95 bits per heavy atom. The number of anilines is 1. The Bertz CT molecular complexity index is 557. The number of benzene rings is 1. The second-order valence-electron chi connectivity index (χ2n) is 5.16. The van der Waals surface area contributed by atoms with E-state index in [9.17, 15) is 14.0 Å². The molecule has 120 valence electrons. The molecule has 0 aromatic heterocycles. The number of likely N-dealkylation sites (N-methyl/N-ethyl adjacent to an activating group) is 1. The fourth-order valence-corrected chi connectivity index (χ4v) is 2.47. The van der Waals surface area contributed by atoms with E-state index in [-0.39, 0.29) is 5.56 Å². The van der Waals surface area contributed by atoms with Crippen molar-refractivity contribution in [1.82, 2.24) is 10.2 Å². The fourth-order valence-electron chi connectivity index (χ4n) is 2.47. The molecule has 1 aliphatic heterocycles. The van der Waals surface area contributed by atoms with Gasteiger partial charge in [-0.2, -0.15) is 0 Å². The van der Waals surface area contributed by atoms with E-state index in [4.69, 9.17) is 5.11 Å². The SMILES string of the molecule is CCN1CCN(c2ccc(C(=O)NCC(=O)O)cc2F)CC1. The minimum atomic E-state index is -1.14. The highest BCUT2D eigenvalue weighted by Crippen LogP contribution is 2.22. The van der Waals surface area contributed by atoms with Crippen molar-refractivity contribution in [1.29, 1.82) is 0 Å². The van der Waals surface area contributed by atoms with Gasteiger partial charge >= 0.3 is 5.97 Å². The van der Waals surface area contributed by atoms with Crippen molar-refractivity contribution < 1.29 is 19.1 Å². The summed E-state index contributed by atoms with van der Waals surface area (Å²) in [5.74, 6) is -2.20. The highest BCUT2D eigenvalue weighted by molar-refractivity contribution is 5.96. The monoisotopic (exact) mass is 309 g/mol. The van der Waals surface area contributed by atoms with Crippen LogP contribution in [-0.4, -0.2) is 61.2 Å². The van der Waals surface area contributed by atoms with Crippen LogP contribution < -0.4 is 10.2 Å². The molecular formula is C15H20FN3O3. The van der Waals surface area contributed by atoms with E-state index in [1.807, 2.05) is 4.90 Å². The van der Waals surface area contributed by atoms with Gasteiger partial charge in [-0.05, 0) is 24.7 Å². The predicted molar refractivity (Wildman–Crippen MR) is 80.7 cm³/mol. The first kappa shape index (κ1) is 16.2. The van der Waals surface area contributed by atoms with Gasteiger partial charge in [-0.25, -0.2) is 4.39 Å². The first-order chi connectivity index (χ1) is 10.5. The van der Waals surface area contributed by atoms with E-state index < -0.39 is 24.2 Å². The highest BCUT2D eigenvalue weighted by atomic mass is 19.1. The number of halogens is 1. The lowest BCUT2D eigenvalue weighted by Crippen LogP contribution is -2.46. The molecule has 1 aromatic carbocycles. The number of nitrogens with zero attached hydrogens (tertiary/aromatic N) is 2. The molecule has 0 bridgehead atoms. The Morgan fingerprint density at radius 1 is 1.27 bits per heavy atom. The molecule has 1 saturated heterocycles. The summed E-state index contributed by atoms with van der Waals surface area (Å²) in [6, 6.07) is 4.24. The van der Waals surface area contributed by atoms with E-state index in [1.54, 1.807) is 6.07 Å². The molecule has 1 aromatic rings. The number of rotatable bonds is 5. The van der Waals surface area contributed by atoms with Crippen LogP contribution in [0.3, 0.4) is 0 Å². The summed E-state index contributed by atoms with van der Waals surface area (Å²) in [6.07, 6.45) is 0. The Labute approximate surface area is 128 Å². The van der Waals surface area contributed by atoms with Crippen LogP contribution in [0.2, 0.25) is 0 Å². The molecular weight excluding hydrogens is 289 g/mol. The van der Waals surface area contributed by atoms with Gasteiger partial charge in [-0.3, -0.25) is 9.59 Å². The van der Waals surface area contributed by atoms with E-state index >= 15 is 0 Å². The number of carbonyl (C=O) groups excluding carboxylic acids is 1. The van der Waals surface area contributed by atoms with Gasteiger partial charge in [-0.1, -0.05) is 6.92 Å². The van der Waals surface area contributed by atoms with Crippen LogP contribution in [0, 0.1) is 5.82 Å². The van der Waals surface area contributed by atoms with Crippen molar-refractivity contribution in [3.8, 4) is 0 Å². The summed E-state index contributed by atoms with van der Waals surface area (Å²) < 4.78 is 14.2. The van der Waals surface area contributed by atoms with E-state index in [1.165, 1.54) is 6.07 Å². The standard InChI is InChI=1S/C15H20FN3O3/c1-2-18-5-7-19(8-6-18)13-4-3-11(9-12(13)16)15(22)17-10-14(20)21/h3-4,9H,2,5-8,10H2,1H3,(H,17,22)(H,20,21). The van der Waals surface area contributed by atoms with Crippen LogP contribution in [0.15, 0.2) is 18.2 Å². The zero-order valence-electron chi connectivity index (χ0n) is 12.5. The third-order valence-electron chi connectivity index (χ3n) is 3.77. The number of amides is 1. The number of hydrogen-bond donors (Lipinski definition) is 2. The normalized spacial score (nSPS) is 15.6. The zero-order chi connectivity index (χ0) is 16.1. The van der Waals surface area contributed by atoms with Gasteiger partial charge in [0.2, 0.25) is 0 Å². The molecule has 0 aliphatic carbocycles. The smallest absolute Gasteiger partial charge is 0.322 e. The Balaban J connectivity index is 2.03. The van der Waals surface area contributed by atoms with Gasteiger partial charge in [-0.15, -0.1) is 0 Å². The Kier molecular flexibility index (Phi) is 5.32. The summed E-state index contributed by atoms with van der Waals surface area (Å²) in [5.41, 5.74) is 0.597. The largest absolute Gasteiger partial charge is 0.480 e. The molecule has 0 unspecified atom stereocenters. The summed E-state index contributed by atoms with van der Waals surface area (Å²) in [6.45, 7) is 5.86. The van der Waals surface area contributed by atoms with E-state index in [0.29, 0.717) is 5.69 Å². The van der Waals surface area contributed by atoms with Crippen molar-refractivity contribution >= 4 is 17.6 Å². The topological polar surface area (TPSA) is 72.9 Å². The first-order valence-electron chi connectivity index (χ1n) is 7.28. The molecule has 1 heterocycles. The number of piperazine rings is 1. The van der Waals surface area contributed by atoms with Crippen molar-refractivity contribution in [3.63, 3.8) is 0 Å². The number of hydrogen-bond acceptors (Lipinski definition) is 4. The van der Waals surface area contributed by atoms with Gasteiger partial charge in [0, 0.05) is 31.7 Å². The Hall–Kier alpha value is -2.15. The zero-order valence-corrected chi connectivity index (χ0v) is 12.5. The van der Waals surface area contributed by atoms with Crippen LogP contribution in [-0.2, 0) is 4.79 Å². The average Bonchev–Trinajstić information content (AvgIpc) is 2.52. The number of aliphatic carboxylic acids is 1. The molecule has 0 atom stereocenters. The van der Waals surface area contributed by atoms with E-state index in [2.05, 4.69) is 17.1 Å². The van der Waals surface area contributed by atoms with Gasteiger partial charge in [0.15, 0.2) is 0 Å². The van der Waals surface area contributed by atoms with Crippen LogP contribution in [0.4, 0.5) is 10.1 Å². The summed E-state index contributed by atoms with van der Waals surface area (Å²) in [5, 5.41) is 10.7. The van der Waals surface area contributed by atoms with Crippen molar-refractivity contribution in [3.05, 3.63) is 29.6 Å². The summed E-state index contributed by atoms with van der Waals surface area (Å²) >= 11 is 0. The Morgan fingerprint density at radius 3 is 2.50 bits per heavy atom. The quantitative estimate of drug-likeness (QED) is 0.841. The van der Waals surface area contributed by atoms with Crippen molar-refractivity contribution in [2.24, 2.45) is 0 Å². The van der Waals surface area contributed by atoms with E-state index in [0.717, 1.165) is 38.8 Å². The van der Waals surface area contributed by atoms with Gasteiger partial charge < -0.3 is 20.2 Å². The van der Waals surface area contributed by atoms with Gasteiger partial charge in [0.25, 0.3) is 5.91 Å². The number of carboxylic acid groups (broad SMARTS) is 1. The van der Waals surface area contributed by atoms with Crippen LogP contribution in [0.1, 0.15) is 17.3 Å². The number of carbonyl (C=O) groups is 2. The molecule has 22 heavy (non-hydrogen) atoms. The highest BCUT2D eigenvalue weighted by Gasteiger charge is 2.19. The summed E-state index contributed by atoms with van der Waals surface area (Å²) in [7, 11) is 0. The number of carboxylic acids is 1. The maximum atomic E-state index is 14.2. The van der Waals surface area contributed by atoms with Crippen LogP contribution >= 0.6 is 0 Å². The third-order valence-corrected chi connectivity index (χ3v) is 3.77. The molecule has 0 radical (unpaired) electrons. The molecule has 1 fully saturated rings. The molecule has 0 saturated carbocycles. The maximum Gasteiger partial charge on any atom is 0.322 e. The number of nitrogens with one attached hydrogen (secondary N) is 1. The lowest BCUT2D eigenvalue weighted by molar-refractivity contribution is -0.135. The molecule has 7 heteroatoms.